The number of hydrogen-bond donors (Lipinski definition) is 0. The van der Waals surface area contributed by atoms with Crippen molar-refractivity contribution in [3.63, 3.8) is 0 Å². The number of halogens is 1. The number of carbonyl (C=O) groups excluding carboxylic acids is 1. The molecule has 12 heavy (non-hydrogen) atoms. The third-order valence-corrected chi connectivity index (χ3v) is 2.22. The first-order valence-electron chi connectivity index (χ1n) is 3.68. The molecule has 0 aliphatic heterocycles. The average molecular weight is 276 g/mol. The van der Waals surface area contributed by atoms with E-state index in [0.29, 0.717) is 5.56 Å². The van der Waals surface area contributed by atoms with E-state index in [4.69, 9.17) is 3.07 Å². The molecule has 1 aromatic carbocycles. The first-order valence-corrected chi connectivity index (χ1v) is 4.56. The van der Waals surface area contributed by atoms with Crippen LogP contribution in [0, 0.1) is 0 Å². The Morgan fingerprint density at radius 1 is 1.58 bits per heavy atom. The van der Waals surface area contributed by atoms with Gasteiger partial charge in [-0.3, -0.25) is 4.79 Å². The first kappa shape index (κ1) is 9.51. The largest absolute Gasteiger partial charge is 0.428 e. The van der Waals surface area contributed by atoms with Crippen molar-refractivity contribution in [3.05, 3.63) is 29.3 Å². The summed E-state index contributed by atoms with van der Waals surface area (Å²) < 4.78 is 4.97. The maximum absolute atomic E-state index is 10.6. The molecule has 0 heterocycles. The Bertz CT molecular complexity index is 284. The lowest BCUT2D eigenvalue weighted by atomic mass is 10.1. The molecule has 0 saturated carbocycles. The van der Waals surface area contributed by atoms with Crippen LogP contribution in [0.25, 0.3) is 0 Å². The summed E-state index contributed by atoms with van der Waals surface area (Å²) in [6.45, 7) is 2.02. The molecule has 64 valence electrons. The van der Waals surface area contributed by atoms with Crippen molar-refractivity contribution in [1.29, 1.82) is 0 Å². The first-order chi connectivity index (χ1) is 5.81. The number of benzene rings is 1. The molecule has 0 N–H and O–H groups in total. The molecular weight excluding hydrogens is 267 g/mol. The second-order valence-corrected chi connectivity index (χ2v) is 2.85. The Labute approximate surface area is 85.6 Å². The zero-order chi connectivity index (χ0) is 8.97. The zero-order valence-electron chi connectivity index (χ0n) is 6.71. The van der Waals surface area contributed by atoms with Crippen LogP contribution in [-0.2, 0) is 6.42 Å². The SMILES string of the molecule is CCc1ccc(OI)cc1C=O. The Balaban J connectivity index is 3.10. The normalized spacial score (nSPS) is 9.50. The van der Waals surface area contributed by atoms with Crippen molar-refractivity contribution in [3.8, 4) is 5.75 Å². The summed E-state index contributed by atoms with van der Waals surface area (Å²) in [6, 6.07) is 5.52. The minimum atomic E-state index is 0.715. The molecule has 1 aromatic rings. The van der Waals surface area contributed by atoms with Crippen LogP contribution in [-0.4, -0.2) is 6.29 Å². The molecule has 0 aromatic heterocycles. The van der Waals surface area contributed by atoms with Crippen LogP contribution < -0.4 is 3.07 Å². The summed E-state index contributed by atoms with van der Waals surface area (Å²) in [5.74, 6) is 0.718. The molecule has 2 nitrogen and oxygen atoms in total. The van der Waals surface area contributed by atoms with Crippen molar-refractivity contribution in [2.24, 2.45) is 0 Å². The molecule has 3 heteroatoms. The van der Waals surface area contributed by atoms with Gasteiger partial charge in [-0.05, 0) is 24.1 Å². The summed E-state index contributed by atoms with van der Waals surface area (Å²) in [5, 5.41) is 0. The van der Waals surface area contributed by atoms with Gasteiger partial charge in [-0.15, -0.1) is 0 Å². The van der Waals surface area contributed by atoms with E-state index in [2.05, 4.69) is 0 Å². The summed E-state index contributed by atoms with van der Waals surface area (Å²) >= 11 is 1.79. The number of hydrogen-bond acceptors (Lipinski definition) is 2. The molecule has 0 fully saturated rings. The van der Waals surface area contributed by atoms with Gasteiger partial charge in [0, 0.05) is 5.56 Å². The monoisotopic (exact) mass is 276 g/mol. The van der Waals surface area contributed by atoms with Gasteiger partial charge in [-0.2, -0.15) is 0 Å². The minimum absolute atomic E-state index is 0.715. The van der Waals surface area contributed by atoms with Gasteiger partial charge in [0.25, 0.3) is 0 Å². The number of rotatable bonds is 3. The lowest BCUT2D eigenvalue weighted by molar-refractivity contribution is 0.112. The highest BCUT2D eigenvalue weighted by Gasteiger charge is 2.01. The van der Waals surface area contributed by atoms with Crippen molar-refractivity contribution < 1.29 is 7.86 Å². The lowest BCUT2D eigenvalue weighted by Crippen LogP contribution is -1.90. The van der Waals surface area contributed by atoms with Crippen molar-refractivity contribution in [2.75, 3.05) is 0 Å². The topological polar surface area (TPSA) is 26.3 Å². The highest BCUT2D eigenvalue weighted by Crippen LogP contribution is 2.18. The fraction of sp³-hybridized carbons (Fsp3) is 0.222. The molecule has 0 aliphatic rings. The summed E-state index contributed by atoms with van der Waals surface area (Å²) in [5.41, 5.74) is 1.77. The molecule has 0 spiro atoms. The fourth-order valence-corrected chi connectivity index (χ4v) is 1.33. The van der Waals surface area contributed by atoms with Crippen molar-refractivity contribution >= 4 is 29.3 Å². The van der Waals surface area contributed by atoms with Gasteiger partial charge >= 0.3 is 0 Å². The second kappa shape index (κ2) is 4.45. The van der Waals surface area contributed by atoms with E-state index in [0.717, 1.165) is 24.0 Å². The smallest absolute Gasteiger partial charge is 0.192 e. The van der Waals surface area contributed by atoms with Gasteiger partial charge in [0.2, 0.25) is 0 Å². The molecule has 0 aliphatic carbocycles. The zero-order valence-corrected chi connectivity index (χ0v) is 8.87. The fourth-order valence-electron chi connectivity index (χ4n) is 1.05. The quantitative estimate of drug-likeness (QED) is 0.626. The second-order valence-electron chi connectivity index (χ2n) is 2.41. The number of aryl methyl sites for hydroxylation is 1. The van der Waals surface area contributed by atoms with Crippen LogP contribution in [0.5, 0.6) is 5.75 Å². The molecule has 0 amide bonds. The molecule has 0 radical (unpaired) electrons. The van der Waals surface area contributed by atoms with E-state index in [9.17, 15) is 4.79 Å². The molecule has 0 bridgehead atoms. The van der Waals surface area contributed by atoms with E-state index >= 15 is 0 Å². The van der Waals surface area contributed by atoms with Crippen LogP contribution in [0.2, 0.25) is 0 Å². The van der Waals surface area contributed by atoms with Gasteiger partial charge in [0.15, 0.2) is 23.0 Å². The Kier molecular flexibility index (Phi) is 3.52. The lowest BCUT2D eigenvalue weighted by Gasteiger charge is -2.02. The Hall–Kier alpha value is -0.580. The molecule has 0 unspecified atom stereocenters. The van der Waals surface area contributed by atoms with Gasteiger partial charge in [0.05, 0.1) is 0 Å². The van der Waals surface area contributed by atoms with Crippen LogP contribution in [0.15, 0.2) is 18.2 Å². The van der Waals surface area contributed by atoms with Gasteiger partial charge < -0.3 is 3.07 Å². The van der Waals surface area contributed by atoms with Crippen LogP contribution >= 0.6 is 23.0 Å². The summed E-state index contributed by atoms with van der Waals surface area (Å²) in [4.78, 5) is 10.6. The summed E-state index contributed by atoms with van der Waals surface area (Å²) in [6.07, 6.45) is 1.73. The maximum Gasteiger partial charge on any atom is 0.192 e. The van der Waals surface area contributed by atoms with Crippen LogP contribution in [0.1, 0.15) is 22.8 Å². The average Bonchev–Trinajstić information content (AvgIpc) is 2.16. The molecule has 1 rings (SSSR count). The third kappa shape index (κ3) is 1.97. The molecule has 0 saturated heterocycles. The maximum atomic E-state index is 10.6. The van der Waals surface area contributed by atoms with E-state index in [-0.39, 0.29) is 0 Å². The molecule has 0 atom stereocenters. The molecular formula is C9H9IO2. The standard InChI is InChI=1S/C9H9IO2/c1-2-7-3-4-9(12-10)5-8(7)6-11/h3-6H,2H2,1H3. The van der Waals surface area contributed by atoms with Crippen molar-refractivity contribution in [2.45, 2.75) is 13.3 Å². The van der Waals surface area contributed by atoms with Gasteiger partial charge in [-0.25, -0.2) is 0 Å². The van der Waals surface area contributed by atoms with Crippen LogP contribution in [0.4, 0.5) is 0 Å². The van der Waals surface area contributed by atoms with E-state index < -0.39 is 0 Å². The van der Waals surface area contributed by atoms with Gasteiger partial charge in [0.1, 0.15) is 12.0 Å². The summed E-state index contributed by atoms with van der Waals surface area (Å²) in [7, 11) is 0. The van der Waals surface area contributed by atoms with Crippen LogP contribution in [0.3, 0.4) is 0 Å². The predicted octanol–water partition coefficient (Wildman–Crippen LogP) is 2.79. The highest BCUT2D eigenvalue weighted by atomic mass is 127. The van der Waals surface area contributed by atoms with E-state index in [1.807, 2.05) is 19.1 Å². The van der Waals surface area contributed by atoms with E-state index in [1.54, 1.807) is 29.1 Å². The minimum Gasteiger partial charge on any atom is -0.428 e. The Morgan fingerprint density at radius 3 is 2.83 bits per heavy atom. The van der Waals surface area contributed by atoms with Crippen molar-refractivity contribution in [1.82, 2.24) is 0 Å². The predicted molar refractivity (Wildman–Crippen MR) is 55.9 cm³/mol. The van der Waals surface area contributed by atoms with Gasteiger partial charge in [-0.1, -0.05) is 13.0 Å². The number of aldehydes is 1. The number of carbonyl (C=O) groups is 1. The van der Waals surface area contributed by atoms with E-state index in [1.165, 1.54) is 0 Å². The highest BCUT2D eigenvalue weighted by molar-refractivity contribution is 14.1. The Morgan fingerprint density at radius 2 is 2.33 bits per heavy atom. The third-order valence-electron chi connectivity index (χ3n) is 1.71.